The second-order valence-corrected chi connectivity index (χ2v) is 3.38. The average molecular weight is 262 g/mol. The summed E-state index contributed by atoms with van der Waals surface area (Å²) in [6.45, 7) is 0. The van der Waals surface area contributed by atoms with Crippen LogP contribution in [-0.2, 0) is 6.42 Å². The van der Waals surface area contributed by atoms with Crippen molar-refractivity contribution in [1.82, 2.24) is 0 Å². The van der Waals surface area contributed by atoms with Crippen LogP contribution in [-0.4, -0.2) is 15.6 Å². The minimum absolute atomic E-state index is 0.196. The highest BCUT2D eigenvalue weighted by atomic mass is 127. The Morgan fingerprint density at radius 1 is 1.27 bits per heavy atom. The van der Waals surface area contributed by atoms with Gasteiger partial charge in [-0.1, -0.05) is 52.9 Å². The van der Waals surface area contributed by atoms with Crippen molar-refractivity contribution in [3.05, 3.63) is 35.9 Å². The molecule has 0 heterocycles. The van der Waals surface area contributed by atoms with Crippen LogP contribution in [0.25, 0.3) is 0 Å². The fraction of sp³-hybridized carbons (Fsp3) is 0.333. The van der Waals surface area contributed by atoms with E-state index in [-0.39, 0.29) is 6.10 Å². The Morgan fingerprint density at radius 3 is 2.45 bits per heavy atom. The molecule has 0 saturated heterocycles. The minimum atomic E-state index is -0.196. The third-order valence-electron chi connectivity index (χ3n) is 1.49. The molecule has 2 heteroatoms. The molecular weight excluding hydrogens is 251 g/mol. The Bertz CT molecular complexity index is 198. The van der Waals surface area contributed by atoms with Crippen LogP contribution in [0.4, 0.5) is 0 Å². The molecule has 0 aromatic heterocycles. The molecule has 60 valence electrons. The third-order valence-corrected chi connectivity index (χ3v) is 2.51. The average Bonchev–Trinajstić information content (AvgIpc) is 2.06. The van der Waals surface area contributed by atoms with Crippen LogP contribution in [0.2, 0.25) is 0 Å². The smallest absolute Gasteiger partial charge is 0.0669 e. The summed E-state index contributed by atoms with van der Waals surface area (Å²) in [5.41, 5.74) is 1.21. The minimum Gasteiger partial charge on any atom is -0.392 e. The number of alkyl halides is 1. The maximum Gasteiger partial charge on any atom is 0.0669 e. The van der Waals surface area contributed by atoms with Gasteiger partial charge in [-0.3, -0.25) is 0 Å². The van der Waals surface area contributed by atoms with Crippen molar-refractivity contribution >= 4 is 22.6 Å². The highest BCUT2D eigenvalue weighted by Crippen LogP contribution is 2.04. The monoisotopic (exact) mass is 262 g/mol. The summed E-state index contributed by atoms with van der Waals surface area (Å²) in [5, 5.41) is 9.30. The summed E-state index contributed by atoms with van der Waals surface area (Å²) in [6.07, 6.45) is 0.571. The Balaban J connectivity index is 2.51. The molecule has 0 bridgehead atoms. The third kappa shape index (κ3) is 3.20. The molecule has 0 aliphatic rings. The zero-order valence-corrected chi connectivity index (χ0v) is 8.36. The van der Waals surface area contributed by atoms with Crippen molar-refractivity contribution in [3.63, 3.8) is 0 Å². The number of halogens is 1. The Hall–Kier alpha value is -0.0900. The largest absolute Gasteiger partial charge is 0.392 e. The fourth-order valence-electron chi connectivity index (χ4n) is 0.941. The predicted octanol–water partition coefficient (Wildman–Crippen LogP) is 2.03. The van der Waals surface area contributed by atoms with E-state index in [1.54, 1.807) is 0 Å². The normalized spacial score (nSPS) is 12.9. The van der Waals surface area contributed by atoms with E-state index >= 15 is 0 Å². The zero-order chi connectivity index (χ0) is 8.10. The van der Waals surface area contributed by atoms with Crippen LogP contribution in [0.15, 0.2) is 30.3 Å². The molecule has 1 aromatic carbocycles. The van der Waals surface area contributed by atoms with Crippen LogP contribution in [0.1, 0.15) is 5.56 Å². The van der Waals surface area contributed by atoms with Crippen LogP contribution >= 0.6 is 22.6 Å². The quantitative estimate of drug-likeness (QED) is 0.652. The van der Waals surface area contributed by atoms with Crippen LogP contribution in [0.3, 0.4) is 0 Å². The molecule has 0 fully saturated rings. The number of hydrogen-bond donors (Lipinski definition) is 1. The van der Waals surface area contributed by atoms with E-state index in [0.29, 0.717) is 0 Å². The van der Waals surface area contributed by atoms with Gasteiger partial charge in [0.1, 0.15) is 0 Å². The summed E-state index contributed by atoms with van der Waals surface area (Å²) >= 11 is 2.19. The lowest BCUT2D eigenvalue weighted by Gasteiger charge is -2.05. The van der Waals surface area contributed by atoms with Gasteiger partial charge in [-0.2, -0.15) is 0 Å². The van der Waals surface area contributed by atoms with Gasteiger partial charge < -0.3 is 5.11 Å². The Kier molecular flexibility index (Phi) is 3.86. The van der Waals surface area contributed by atoms with E-state index in [1.807, 2.05) is 30.3 Å². The molecule has 1 rings (SSSR count). The molecule has 1 aromatic rings. The molecule has 1 N–H and O–H groups in total. The van der Waals surface area contributed by atoms with Crippen LogP contribution in [0, 0.1) is 0 Å². The summed E-state index contributed by atoms with van der Waals surface area (Å²) < 4.78 is 0.798. The summed E-state index contributed by atoms with van der Waals surface area (Å²) in [5.74, 6) is 0. The molecule has 0 aliphatic carbocycles. The lowest BCUT2D eigenvalue weighted by Crippen LogP contribution is -2.11. The van der Waals surface area contributed by atoms with Crippen molar-refractivity contribution in [2.24, 2.45) is 0 Å². The van der Waals surface area contributed by atoms with E-state index < -0.39 is 0 Å². The van der Waals surface area contributed by atoms with E-state index in [2.05, 4.69) is 22.6 Å². The Labute approximate surface area is 80.6 Å². The summed E-state index contributed by atoms with van der Waals surface area (Å²) in [4.78, 5) is 0. The lowest BCUT2D eigenvalue weighted by molar-refractivity contribution is 0.203. The van der Waals surface area contributed by atoms with Gasteiger partial charge in [0.05, 0.1) is 6.10 Å². The highest BCUT2D eigenvalue weighted by molar-refractivity contribution is 14.1. The maximum absolute atomic E-state index is 9.30. The maximum atomic E-state index is 9.30. The van der Waals surface area contributed by atoms with Crippen molar-refractivity contribution in [2.45, 2.75) is 12.5 Å². The van der Waals surface area contributed by atoms with Gasteiger partial charge in [-0.05, 0) is 12.0 Å². The highest BCUT2D eigenvalue weighted by Gasteiger charge is 2.01. The van der Waals surface area contributed by atoms with Crippen molar-refractivity contribution in [3.8, 4) is 0 Å². The fourth-order valence-corrected chi connectivity index (χ4v) is 1.25. The second kappa shape index (κ2) is 4.72. The van der Waals surface area contributed by atoms with E-state index in [9.17, 15) is 5.11 Å². The molecule has 11 heavy (non-hydrogen) atoms. The molecular formula is C9H11IO. The van der Waals surface area contributed by atoms with Gasteiger partial charge >= 0.3 is 0 Å². The molecule has 0 saturated carbocycles. The predicted molar refractivity (Wildman–Crippen MR) is 55.0 cm³/mol. The van der Waals surface area contributed by atoms with Crippen LogP contribution < -0.4 is 0 Å². The second-order valence-electron chi connectivity index (χ2n) is 2.50. The van der Waals surface area contributed by atoms with E-state index in [1.165, 1.54) is 5.56 Å². The molecule has 0 radical (unpaired) electrons. The van der Waals surface area contributed by atoms with Gasteiger partial charge in [-0.25, -0.2) is 0 Å². The van der Waals surface area contributed by atoms with Gasteiger partial charge in [0.25, 0.3) is 0 Å². The first-order chi connectivity index (χ1) is 5.33. The summed E-state index contributed by atoms with van der Waals surface area (Å²) in [7, 11) is 0. The first kappa shape index (κ1) is 9.00. The molecule has 1 nitrogen and oxygen atoms in total. The summed E-state index contributed by atoms with van der Waals surface area (Å²) in [6, 6.07) is 10.1. The molecule has 0 spiro atoms. The molecule has 0 amide bonds. The van der Waals surface area contributed by atoms with E-state index in [0.717, 1.165) is 10.8 Å². The number of aliphatic hydroxyl groups excluding tert-OH is 1. The van der Waals surface area contributed by atoms with Crippen molar-refractivity contribution < 1.29 is 5.11 Å². The topological polar surface area (TPSA) is 20.2 Å². The van der Waals surface area contributed by atoms with E-state index in [4.69, 9.17) is 0 Å². The zero-order valence-electron chi connectivity index (χ0n) is 6.20. The molecule has 0 unspecified atom stereocenters. The van der Waals surface area contributed by atoms with Gasteiger partial charge in [0.15, 0.2) is 0 Å². The first-order valence-corrected chi connectivity index (χ1v) is 5.13. The lowest BCUT2D eigenvalue weighted by atomic mass is 10.1. The van der Waals surface area contributed by atoms with Crippen molar-refractivity contribution in [2.75, 3.05) is 4.43 Å². The Morgan fingerprint density at radius 2 is 1.91 bits per heavy atom. The van der Waals surface area contributed by atoms with Gasteiger partial charge in [0, 0.05) is 4.43 Å². The first-order valence-electron chi connectivity index (χ1n) is 3.61. The molecule has 0 aliphatic heterocycles. The molecule has 1 atom stereocenters. The number of hydrogen-bond acceptors (Lipinski definition) is 1. The number of benzene rings is 1. The van der Waals surface area contributed by atoms with Crippen molar-refractivity contribution in [1.29, 1.82) is 0 Å². The van der Waals surface area contributed by atoms with Gasteiger partial charge in [0.2, 0.25) is 0 Å². The number of rotatable bonds is 3. The van der Waals surface area contributed by atoms with Gasteiger partial charge in [-0.15, -0.1) is 0 Å². The van der Waals surface area contributed by atoms with Crippen LogP contribution in [0.5, 0.6) is 0 Å². The SMILES string of the molecule is O[C@@H](CI)Cc1ccccc1. The number of aliphatic hydroxyl groups is 1. The standard InChI is InChI=1S/C9H11IO/c10-7-9(11)6-8-4-2-1-3-5-8/h1-5,9,11H,6-7H2/t9-/m1/s1.